The molecule has 31 atom stereocenters. The second-order valence-electron chi connectivity index (χ2n) is 23.8. The predicted molar refractivity (Wildman–Crippen MR) is 246 cm³/mol. The van der Waals surface area contributed by atoms with Gasteiger partial charge < -0.3 is 114 Å². The lowest BCUT2D eigenvalue weighted by molar-refractivity contribution is -0.388. The largest absolute Gasteiger partial charge is 0.394 e. The highest BCUT2D eigenvalue weighted by molar-refractivity contribution is 5.15. The molecule has 0 spiro atoms. The second-order valence-corrected chi connectivity index (χ2v) is 23.8. The van der Waals surface area contributed by atoms with Gasteiger partial charge in [0, 0.05) is 12.3 Å². The van der Waals surface area contributed by atoms with Gasteiger partial charge >= 0.3 is 0 Å². The fourth-order valence-electron chi connectivity index (χ4n) is 15.4. The summed E-state index contributed by atoms with van der Waals surface area (Å²) in [5.41, 5.74) is -0.0627. The Balaban J connectivity index is 0.831. The standard InChI is InChI=1S/C50H84O23/c1-20(18-65-44-39(61)36(58)34(56)29(15-51)68-44)7-12-50(64)21(2)32-28(73-50)14-26-24-6-5-22-13-23(8-10-48(22,3)25(24)9-11-49(26,32)4)67-47-43(72-46-40(62)37(59)35(57)30(16-52)69-46)41(63)42(31(17-53)70-47)71-45-38(60)33(55)27(54)19-66-45/h20-47,51-64H,5-19H2,1-4H3/t20-,21-,22+,23-,24+,25-,26-,27+,28-,29+,30+,31+,32-,33-,34+,35+,36-,37-,38+,39+,40+,41-,42+,43+,44+,45-,46-,47+,48-,49-,50+/m0/s1. The van der Waals surface area contributed by atoms with E-state index in [0.717, 1.165) is 38.5 Å². The van der Waals surface area contributed by atoms with E-state index in [9.17, 15) is 71.5 Å². The number of ether oxygens (including phenoxy) is 9. The van der Waals surface area contributed by atoms with Gasteiger partial charge in [-0.2, -0.15) is 0 Å². The van der Waals surface area contributed by atoms with Crippen LogP contribution in [0.3, 0.4) is 0 Å². The molecule has 14 N–H and O–H groups in total. The molecule has 73 heavy (non-hydrogen) atoms. The van der Waals surface area contributed by atoms with E-state index in [1.807, 2.05) is 6.92 Å². The third kappa shape index (κ3) is 10.3. The Morgan fingerprint density at radius 2 is 1.19 bits per heavy atom. The minimum atomic E-state index is -1.85. The van der Waals surface area contributed by atoms with Crippen LogP contribution in [0.1, 0.15) is 91.9 Å². The summed E-state index contributed by atoms with van der Waals surface area (Å²) in [6.45, 7) is 6.62. The van der Waals surface area contributed by atoms with Gasteiger partial charge in [-0.15, -0.1) is 0 Å². The van der Waals surface area contributed by atoms with E-state index in [4.69, 9.17) is 42.6 Å². The number of aliphatic hydroxyl groups excluding tert-OH is 13. The van der Waals surface area contributed by atoms with Crippen molar-refractivity contribution in [3.63, 3.8) is 0 Å². The van der Waals surface area contributed by atoms with Gasteiger partial charge in [-0.25, -0.2) is 0 Å². The molecule has 0 aromatic heterocycles. The number of rotatable bonds is 15. The lowest BCUT2D eigenvalue weighted by atomic mass is 9.44. The molecule has 5 aliphatic heterocycles. The van der Waals surface area contributed by atoms with Crippen molar-refractivity contribution in [1.29, 1.82) is 0 Å². The first-order valence-corrected chi connectivity index (χ1v) is 26.8. The van der Waals surface area contributed by atoms with Crippen molar-refractivity contribution in [2.24, 2.45) is 52.3 Å². The van der Waals surface area contributed by atoms with Crippen molar-refractivity contribution in [3.8, 4) is 0 Å². The van der Waals surface area contributed by atoms with Crippen molar-refractivity contribution in [3.05, 3.63) is 0 Å². The van der Waals surface area contributed by atoms with Crippen LogP contribution in [-0.4, -0.2) is 239 Å². The van der Waals surface area contributed by atoms with Crippen molar-refractivity contribution in [2.45, 2.75) is 227 Å². The molecule has 0 unspecified atom stereocenters. The summed E-state index contributed by atoms with van der Waals surface area (Å²) in [6.07, 6.45) is -21.6. The van der Waals surface area contributed by atoms with Crippen LogP contribution < -0.4 is 0 Å². The minimum Gasteiger partial charge on any atom is -0.394 e. The third-order valence-corrected chi connectivity index (χ3v) is 19.7. The van der Waals surface area contributed by atoms with Gasteiger partial charge in [-0.1, -0.05) is 27.7 Å². The zero-order chi connectivity index (χ0) is 52.6. The van der Waals surface area contributed by atoms with Gasteiger partial charge in [-0.05, 0) is 104 Å². The number of hydrogen-bond acceptors (Lipinski definition) is 23. The zero-order valence-electron chi connectivity index (χ0n) is 42.2. The van der Waals surface area contributed by atoms with Crippen LogP contribution in [0.5, 0.6) is 0 Å². The van der Waals surface area contributed by atoms with Crippen LogP contribution in [0, 0.1) is 52.3 Å². The molecule has 9 aliphatic rings. The highest BCUT2D eigenvalue weighted by Gasteiger charge is 2.68. The molecule has 0 aromatic carbocycles. The molecule has 0 aromatic rings. The maximum absolute atomic E-state index is 12.1. The summed E-state index contributed by atoms with van der Waals surface area (Å²) in [4.78, 5) is 0. The second kappa shape index (κ2) is 22.3. The summed E-state index contributed by atoms with van der Waals surface area (Å²) in [7, 11) is 0. The van der Waals surface area contributed by atoms with Crippen LogP contribution in [0.15, 0.2) is 0 Å². The molecule has 4 aliphatic carbocycles. The van der Waals surface area contributed by atoms with E-state index >= 15 is 0 Å². The Bertz CT molecular complexity index is 1820. The highest BCUT2D eigenvalue weighted by atomic mass is 16.8. The Kier molecular flexibility index (Phi) is 17.4. The normalized spacial score (nSPS) is 55.6. The Labute approximate surface area is 425 Å². The molecule has 4 saturated carbocycles. The Morgan fingerprint density at radius 1 is 0.589 bits per heavy atom. The van der Waals surface area contributed by atoms with Crippen molar-refractivity contribution < 1.29 is 114 Å². The number of fused-ring (bicyclic) bond motifs is 7. The van der Waals surface area contributed by atoms with Gasteiger partial charge in [0.1, 0.15) is 91.6 Å². The first kappa shape index (κ1) is 56.8. The van der Waals surface area contributed by atoms with Crippen molar-refractivity contribution in [1.82, 2.24) is 0 Å². The molecule has 23 heteroatoms. The van der Waals surface area contributed by atoms with Crippen LogP contribution in [-0.2, 0) is 42.6 Å². The summed E-state index contributed by atoms with van der Waals surface area (Å²) in [5.74, 6) is 0.188. The maximum Gasteiger partial charge on any atom is 0.187 e. The van der Waals surface area contributed by atoms with Gasteiger partial charge in [0.25, 0.3) is 0 Å². The molecule has 5 heterocycles. The lowest BCUT2D eigenvalue weighted by Crippen LogP contribution is -2.66. The Morgan fingerprint density at radius 3 is 1.86 bits per heavy atom. The van der Waals surface area contributed by atoms with Crippen LogP contribution in [0.4, 0.5) is 0 Å². The summed E-state index contributed by atoms with van der Waals surface area (Å²) < 4.78 is 54.1. The molecule has 0 bridgehead atoms. The number of hydrogen-bond donors (Lipinski definition) is 14. The smallest absolute Gasteiger partial charge is 0.187 e. The van der Waals surface area contributed by atoms with Crippen molar-refractivity contribution >= 4 is 0 Å². The highest BCUT2D eigenvalue weighted by Crippen LogP contribution is 2.71. The maximum atomic E-state index is 12.1. The van der Waals surface area contributed by atoms with Crippen LogP contribution in [0.25, 0.3) is 0 Å². The molecule has 422 valence electrons. The first-order chi connectivity index (χ1) is 34.6. The topological polar surface area (TPSA) is 366 Å². The summed E-state index contributed by atoms with van der Waals surface area (Å²) in [6, 6.07) is 0. The molecular formula is C50H84O23. The van der Waals surface area contributed by atoms with Crippen LogP contribution >= 0.6 is 0 Å². The third-order valence-electron chi connectivity index (χ3n) is 19.7. The average Bonchev–Trinajstić information content (AvgIpc) is 3.81. The van der Waals surface area contributed by atoms with Crippen LogP contribution in [0.2, 0.25) is 0 Å². The summed E-state index contributed by atoms with van der Waals surface area (Å²) in [5, 5.41) is 148. The van der Waals surface area contributed by atoms with E-state index in [1.54, 1.807) is 0 Å². The quantitative estimate of drug-likeness (QED) is 0.0714. The first-order valence-electron chi connectivity index (χ1n) is 26.8. The van der Waals surface area contributed by atoms with Gasteiger partial charge in [-0.3, -0.25) is 0 Å². The lowest BCUT2D eigenvalue weighted by Gasteiger charge is -2.61. The SMILES string of the molecule is C[C@@H](CC[C@@]1(O)O[C@H]2C[C@H]3[C@@H]4CC[C@@H]5C[C@@H](O[C@@H]6O[C@H](CO)[C@@H](O[C@@H]7OC[C@@H](O)[C@H](O)[C@H]7O)[C@H](O)[C@H]6O[C@@H]6O[C@H](CO)[C@@H](O)[C@H](O)[C@H]6O)CC[C@]5(C)[C@H]4CC[C@]3(C)[C@H]2[C@@H]1C)CO[C@@H]1O[C@H](CO)[C@@H](O)[C@H](O)[C@H]1O. The molecule has 9 rings (SSSR count). The van der Waals surface area contributed by atoms with Gasteiger partial charge in [0.05, 0.1) is 45.2 Å². The zero-order valence-corrected chi connectivity index (χ0v) is 42.2. The molecular weight excluding hydrogens is 969 g/mol. The van der Waals surface area contributed by atoms with E-state index in [0.29, 0.717) is 43.4 Å². The molecule has 23 nitrogen and oxygen atoms in total. The summed E-state index contributed by atoms with van der Waals surface area (Å²) >= 11 is 0. The fourth-order valence-corrected chi connectivity index (χ4v) is 15.4. The van der Waals surface area contributed by atoms with E-state index in [-0.39, 0.29) is 47.2 Å². The average molecular weight is 1050 g/mol. The van der Waals surface area contributed by atoms with Crippen molar-refractivity contribution in [2.75, 3.05) is 33.0 Å². The predicted octanol–water partition coefficient (Wildman–Crippen LogP) is -3.32. The molecule has 0 amide bonds. The van der Waals surface area contributed by atoms with E-state index < -0.39 is 155 Å². The molecule has 9 fully saturated rings. The monoisotopic (exact) mass is 1050 g/mol. The fraction of sp³-hybridized carbons (Fsp3) is 1.00. The molecule has 5 saturated heterocycles. The van der Waals surface area contributed by atoms with E-state index in [2.05, 4.69) is 20.8 Å². The van der Waals surface area contributed by atoms with Gasteiger partial charge in [0.2, 0.25) is 0 Å². The Hall–Kier alpha value is -0.920. The molecule has 0 radical (unpaired) electrons. The van der Waals surface area contributed by atoms with Gasteiger partial charge in [0.15, 0.2) is 30.9 Å². The number of aliphatic hydroxyl groups is 14. The minimum absolute atomic E-state index is 0.0203. The van der Waals surface area contributed by atoms with E-state index in [1.165, 1.54) is 0 Å².